The Bertz CT molecular complexity index is 686. The molecule has 0 aliphatic carbocycles. The molecule has 1 heterocycles. The molecule has 0 bridgehead atoms. The number of aromatic nitrogens is 2. The van der Waals surface area contributed by atoms with Crippen molar-refractivity contribution >= 4 is 5.91 Å². The van der Waals surface area contributed by atoms with Gasteiger partial charge in [-0.3, -0.25) is 4.79 Å². The summed E-state index contributed by atoms with van der Waals surface area (Å²) in [4.78, 5) is 15.7. The van der Waals surface area contributed by atoms with E-state index in [2.05, 4.69) is 20.8 Å². The molecular formula is C16H22N4O4. The number of rotatable bonds is 8. The summed E-state index contributed by atoms with van der Waals surface area (Å²) in [7, 11) is 4.96. The molecule has 0 aliphatic rings. The van der Waals surface area contributed by atoms with Crippen molar-refractivity contribution in [1.82, 2.24) is 20.8 Å². The van der Waals surface area contributed by atoms with Crippen LogP contribution in [0.2, 0.25) is 0 Å². The average molecular weight is 334 g/mol. The number of carbonyl (C=O) groups excluding carboxylic acids is 1. The highest BCUT2D eigenvalue weighted by atomic mass is 16.5. The van der Waals surface area contributed by atoms with Crippen molar-refractivity contribution in [2.24, 2.45) is 0 Å². The first-order valence-electron chi connectivity index (χ1n) is 7.59. The molecule has 2 N–H and O–H groups in total. The number of hydrogen-bond acceptors (Lipinski definition) is 7. The molecule has 8 heteroatoms. The SMILES string of the molecule is CNC(=O)COc1ccc(-c2nc(CC(C)NC)no2)cc1OC. The van der Waals surface area contributed by atoms with Crippen molar-refractivity contribution in [3.8, 4) is 23.0 Å². The van der Waals surface area contributed by atoms with Crippen molar-refractivity contribution in [3.05, 3.63) is 24.0 Å². The van der Waals surface area contributed by atoms with Gasteiger partial charge in [0.15, 0.2) is 23.9 Å². The zero-order chi connectivity index (χ0) is 17.5. The van der Waals surface area contributed by atoms with E-state index in [0.29, 0.717) is 29.6 Å². The summed E-state index contributed by atoms with van der Waals surface area (Å²) >= 11 is 0. The first-order chi connectivity index (χ1) is 11.6. The molecule has 1 aromatic heterocycles. The summed E-state index contributed by atoms with van der Waals surface area (Å²) in [6.45, 7) is 1.95. The second-order valence-corrected chi connectivity index (χ2v) is 5.24. The van der Waals surface area contributed by atoms with E-state index >= 15 is 0 Å². The lowest BCUT2D eigenvalue weighted by Crippen LogP contribution is -2.24. The molecular weight excluding hydrogens is 312 g/mol. The summed E-state index contributed by atoms with van der Waals surface area (Å²) in [5.74, 6) is 1.77. The number of carbonyl (C=O) groups is 1. The molecule has 8 nitrogen and oxygen atoms in total. The zero-order valence-electron chi connectivity index (χ0n) is 14.3. The van der Waals surface area contributed by atoms with E-state index < -0.39 is 0 Å². The van der Waals surface area contributed by atoms with E-state index in [0.717, 1.165) is 5.56 Å². The molecule has 0 aliphatic heterocycles. The van der Waals surface area contributed by atoms with Crippen LogP contribution < -0.4 is 20.1 Å². The third-order valence-corrected chi connectivity index (χ3v) is 3.50. The van der Waals surface area contributed by atoms with Gasteiger partial charge < -0.3 is 24.6 Å². The van der Waals surface area contributed by atoms with E-state index in [-0.39, 0.29) is 18.6 Å². The van der Waals surface area contributed by atoms with Gasteiger partial charge in [0.05, 0.1) is 7.11 Å². The minimum Gasteiger partial charge on any atom is -0.493 e. The molecule has 0 spiro atoms. The Kier molecular flexibility index (Phi) is 6.14. The van der Waals surface area contributed by atoms with Crippen molar-refractivity contribution < 1.29 is 18.8 Å². The van der Waals surface area contributed by atoms with Gasteiger partial charge in [-0.15, -0.1) is 0 Å². The van der Waals surface area contributed by atoms with Gasteiger partial charge in [0.1, 0.15) is 0 Å². The Morgan fingerprint density at radius 2 is 2.12 bits per heavy atom. The molecule has 2 aromatic rings. The van der Waals surface area contributed by atoms with Crippen LogP contribution in [0.4, 0.5) is 0 Å². The normalized spacial score (nSPS) is 11.8. The first kappa shape index (κ1) is 17.7. The van der Waals surface area contributed by atoms with Gasteiger partial charge in [-0.05, 0) is 32.2 Å². The summed E-state index contributed by atoms with van der Waals surface area (Å²) in [6, 6.07) is 5.47. The molecule has 24 heavy (non-hydrogen) atoms. The topological polar surface area (TPSA) is 98.5 Å². The Morgan fingerprint density at radius 1 is 1.33 bits per heavy atom. The lowest BCUT2D eigenvalue weighted by Gasteiger charge is -2.10. The van der Waals surface area contributed by atoms with Crippen molar-refractivity contribution in [2.75, 3.05) is 27.8 Å². The van der Waals surface area contributed by atoms with E-state index in [1.165, 1.54) is 7.11 Å². The highest BCUT2D eigenvalue weighted by Gasteiger charge is 2.14. The highest BCUT2D eigenvalue weighted by Crippen LogP contribution is 2.32. The maximum Gasteiger partial charge on any atom is 0.258 e. The Hall–Kier alpha value is -2.61. The molecule has 0 radical (unpaired) electrons. The van der Waals surface area contributed by atoms with Crippen LogP contribution in [0.5, 0.6) is 11.5 Å². The zero-order valence-corrected chi connectivity index (χ0v) is 14.3. The summed E-state index contributed by atoms with van der Waals surface area (Å²) in [5.41, 5.74) is 0.718. The maximum atomic E-state index is 11.3. The van der Waals surface area contributed by atoms with Crippen molar-refractivity contribution in [3.63, 3.8) is 0 Å². The number of benzene rings is 1. The number of likely N-dealkylation sites (N-methyl/N-ethyl adjacent to an activating group) is 2. The van der Waals surface area contributed by atoms with Crippen LogP contribution in [-0.4, -0.2) is 49.9 Å². The molecule has 1 atom stereocenters. The summed E-state index contributed by atoms with van der Waals surface area (Å²) in [5, 5.41) is 9.59. The Labute approximate surface area is 140 Å². The fraction of sp³-hybridized carbons (Fsp3) is 0.438. The minimum atomic E-state index is -0.221. The van der Waals surface area contributed by atoms with Crippen LogP contribution in [0, 0.1) is 0 Å². The van der Waals surface area contributed by atoms with Crippen LogP contribution in [0.25, 0.3) is 11.5 Å². The average Bonchev–Trinajstić information content (AvgIpc) is 3.07. The van der Waals surface area contributed by atoms with E-state index in [1.807, 2.05) is 14.0 Å². The second-order valence-electron chi connectivity index (χ2n) is 5.24. The predicted molar refractivity (Wildman–Crippen MR) is 88.1 cm³/mol. The molecule has 1 amide bonds. The summed E-state index contributed by atoms with van der Waals surface area (Å²) in [6.07, 6.45) is 0.671. The molecule has 0 fully saturated rings. The lowest BCUT2D eigenvalue weighted by atomic mass is 10.2. The maximum absolute atomic E-state index is 11.3. The number of amides is 1. The fourth-order valence-corrected chi connectivity index (χ4v) is 1.97. The Balaban J connectivity index is 2.15. The van der Waals surface area contributed by atoms with E-state index in [9.17, 15) is 4.79 Å². The van der Waals surface area contributed by atoms with Gasteiger partial charge in [0.2, 0.25) is 0 Å². The lowest BCUT2D eigenvalue weighted by molar-refractivity contribution is -0.122. The molecule has 1 unspecified atom stereocenters. The van der Waals surface area contributed by atoms with Crippen LogP contribution in [0.1, 0.15) is 12.7 Å². The van der Waals surface area contributed by atoms with Gasteiger partial charge in [0, 0.05) is 25.1 Å². The molecule has 0 saturated heterocycles. The number of nitrogens with one attached hydrogen (secondary N) is 2. The quantitative estimate of drug-likeness (QED) is 0.743. The largest absolute Gasteiger partial charge is 0.493 e. The highest BCUT2D eigenvalue weighted by molar-refractivity contribution is 5.77. The smallest absolute Gasteiger partial charge is 0.258 e. The van der Waals surface area contributed by atoms with Gasteiger partial charge in [-0.1, -0.05) is 5.16 Å². The van der Waals surface area contributed by atoms with Crippen LogP contribution >= 0.6 is 0 Å². The predicted octanol–water partition coefficient (Wildman–Crippen LogP) is 1.02. The third kappa shape index (κ3) is 4.45. The van der Waals surface area contributed by atoms with Gasteiger partial charge in [-0.25, -0.2) is 0 Å². The second kappa shape index (κ2) is 8.30. The van der Waals surface area contributed by atoms with Gasteiger partial charge in [-0.2, -0.15) is 4.98 Å². The first-order valence-corrected chi connectivity index (χ1v) is 7.59. The van der Waals surface area contributed by atoms with Crippen LogP contribution in [0.15, 0.2) is 22.7 Å². The van der Waals surface area contributed by atoms with Gasteiger partial charge in [0.25, 0.3) is 11.8 Å². The van der Waals surface area contributed by atoms with E-state index in [4.69, 9.17) is 14.0 Å². The monoisotopic (exact) mass is 334 g/mol. The molecule has 1 aromatic carbocycles. The third-order valence-electron chi connectivity index (χ3n) is 3.50. The number of nitrogens with zero attached hydrogens (tertiary/aromatic N) is 2. The molecule has 130 valence electrons. The van der Waals surface area contributed by atoms with Crippen molar-refractivity contribution in [1.29, 1.82) is 0 Å². The minimum absolute atomic E-state index is 0.0845. The number of methoxy groups -OCH3 is 1. The molecule has 0 saturated carbocycles. The van der Waals surface area contributed by atoms with Crippen LogP contribution in [-0.2, 0) is 11.2 Å². The fourth-order valence-electron chi connectivity index (χ4n) is 1.97. The molecule has 2 rings (SSSR count). The number of ether oxygens (including phenoxy) is 2. The van der Waals surface area contributed by atoms with E-state index in [1.54, 1.807) is 25.2 Å². The van der Waals surface area contributed by atoms with Crippen LogP contribution in [0.3, 0.4) is 0 Å². The standard InChI is InChI=1S/C16H22N4O4/c1-10(17-2)7-14-19-16(24-20-14)11-5-6-12(13(8-11)22-4)23-9-15(21)18-3/h5-6,8,10,17H,7,9H2,1-4H3,(H,18,21). The van der Waals surface area contributed by atoms with Gasteiger partial charge >= 0.3 is 0 Å². The van der Waals surface area contributed by atoms with Crippen molar-refractivity contribution in [2.45, 2.75) is 19.4 Å². The Morgan fingerprint density at radius 3 is 2.79 bits per heavy atom. The number of hydrogen-bond donors (Lipinski definition) is 2. The summed E-state index contributed by atoms with van der Waals surface area (Å²) < 4.78 is 16.0.